The van der Waals surface area contributed by atoms with Gasteiger partial charge < -0.3 is 4.90 Å². The fraction of sp³-hybridized carbons (Fsp3) is 0.375. The predicted octanol–water partition coefficient (Wildman–Crippen LogP) is 6.09. The maximum absolute atomic E-state index is 13.2. The van der Waals surface area contributed by atoms with E-state index in [9.17, 15) is 19.7 Å². The minimum atomic E-state index is -0.411. The van der Waals surface area contributed by atoms with Crippen LogP contribution >= 0.6 is 11.6 Å². The van der Waals surface area contributed by atoms with Gasteiger partial charge in [0, 0.05) is 37.3 Å². The van der Waals surface area contributed by atoms with Crippen LogP contribution in [-0.2, 0) is 9.59 Å². The van der Waals surface area contributed by atoms with E-state index in [0.717, 1.165) is 12.0 Å². The smallest absolute Gasteiger partial charge is 0.294 e. The summed E-state index contributed by atoms with van der Waals surface area (Å²) in [5, 5.41) is 12.9. The van der Waals surface area contributed by atoms with Crippen molar-refractivity contribution in [2.75, 3.05) is 36.0 Å². The number of fused-ring (bicyclic) bond motifs is 1. The van der Waals surface area contributed by atoms with Crippen LogP contribution in [0.2, 0.25) is 5.02 Å². The monoisotopic (exact) mass is 572 g/mol. The van der Waals surface area contributed by atoms with E-state index in [0.29, 0.717) is 61.3 Å². The maximum Gasteiger partial charge on any atom is 0.294 e. The van der Waals surface area contributed by atoms with Gasteiger partial charge in [0.15, 0.2) is 0 Å². The maximum atomic E-state index is 13.2. The second-order valence-electron chi connectivity index (χ2n) is 11.5. The molecule has 2 saturated heterocycles. The summed E-state index contributed by atoms with van der Waals surface area (Å²) < 4.78 is 0. The Hall–Kier alpha value is -3.75. The number of carbonyl (C=O) groups is 2. The van der Waals surface area contributed by atoms with Gasteiger partial charge in [0.25, 0.3) is 5.69 Å². The van der Waals surface area contributed by atoms with Gasteiger partial charge >= 0.3 is 0 Å². The van der Waals surface area contributed by atoms with Crippen LogP contribution in [-0.4, -0.2) is 47.8 Å². The average Bonchev–Trinajstić information content (AvgIpc) is 3.23. The Morgan fingerprint density at radius 3 is 2.20 bits per heavy atom. The average molecular weight is 573 g/mol. The summed E-state index contributed by atoms with van der Waals surface area (Å²) in [7, 11) is 0. The van der Waals surface area contributed by atoms with Gasteiger partial charge in [0.05, 0.1) is 28.5 Å². The van der Waals surface area contributed by atoms with Crippen molar-refractivity contribution >= 4 is 40.5 Å². The van der Waals surface area contributed by atoms with E-state index in [1.807, 2.05) is 47.4 Å². The molecule has 3 fully saturated rings. The van der Waals surface area contributed by atoms with Gasteiger partial charge in [-0.25, -0.2) is 4.90 Å². The van der Waals surface area contributed by atoms with Crippen LogP contribution in [0, 0.1) is 27.9 Å². The molecule has 1 saturated carbocycles. The number of amides is 2. The van der Waals surface area contributed by atoms with Gasteiger partial charge in [0.2, 0.25) is 11.8 Å². The van der Waals surface area contributed by atoms with E-state index in [2.05, 4.69) is 24.0 Å². The van der Waals surface area contributed by atoms with Crippen LogP contribution in [0.3, 0.4) is 0 Å². The normalized spacial score (nSPS) is 23.9. The molecule has 0 spiro atoms. The molecule has 41 heavy (non-hydrogen) atoms. The van der Waals surface area contributed by atoms with Crippen LogP contribution in [0.4, 0.5) is 17.1 Å². The van der Waals surface area contributed by atoms with Gasteiger partial charge in [-0.05, 0) is 60.6 Å². The summed E-state index contributed by atoms with van der Waals surface area (Å²) in [5.74, 6) is -0.697. The molecule has 212 valence electrons. The predicted molar refractivity (Wildman–Crippen MR) is 159 cm³/mol. The molecule has 0 N–H and O–H groups in total. The molecule has 2 heterocycles. The van der Waals surface area contributed by atoms with Gasteiger partial charge in [-0.15, -0.1) is 0 Å². The molecular formula is C32H33ClN4O4. The fourth-order valence-corrected chi connectivity index (χ4v) is 6.95. The molecule has 0 radical (unpaired) electrons. The molecule has 0 aromatic heterocycles. The van der Waals surface area contributed by atoms with Crippen LogP contribution in [0.1, 0.15) is 43.4 Å². The van der Waals surface area contributed by atoms with Crippen molar-refractivity contribution in [3.05, 3.63) is 99.1 Å². The number of carbonyl (C=O) groups excluding carboxylic acids is 2. The highest BCUT2D eigenvalue weighted by molar-refractivity contribution is 6.30. The minimum absolute atomic E-state index is 0.0337. The highest BCUT2D eigenvalue weighted by Gasteiger charge is 2.50. The van der Waals surface area contributed by atoms with Crippen molar-refractivity contribution in [1.29, 1.82) is 0 Å². The van der Waals surface area contributed by atoms with Gasteiger partial charge in [0.1, 0.15) is 5.69 Å². The SMILES string of the molecule is C[C@@H]1CC[C@@H]2C(=O)N(c3ccc(N4CCN([C@@H](c5ccccc5)c5ccc(Cl)cc5)CC4)c([N+](=O)[O-])c3)C(=O)[C@@H]2C1. The molecule has 0 unspecified atom stereocenters. The zero-order chi connectivity index (χ0) is 28.7. The first-order chi connectivity index (χ1) is 19.8. The lowest BCUT2D eigenvalue weighted by molar-refractivity contribution is -0.384. The number of imide groups is 1. The summed E-state index contributed by atoms with van der Waals surface area (Å²) in [5.41, 5.74) is 3.03. The van der Waals surface area contributed by atoms with Crippen molar-refractivity contribution in [1.82, 2.24) is 4.90 Å². The third-order valence-corrected chi connectivity index (χ3v) is 9.17. The lowest BCUT2D eigenvalue weighted by Crippen LogP contribution is -2.48. The molecule has 9 heteroatoms. The van der Waals surface area contributed by atoms with Crippen molar-refractivity contribution in [2.45, 2.75) is 32.2 Å². The quantitative estimate of drug-likeness (QED) is 0.202. The van der Waals surface area contributed by atoms with E-state index in [-0.39, 0.29) is 35.4 Å². The highest BCUT2D eigenvalue weighted by Crippen LogP contribution is 2.44. The third-order valence-electron chi connectivity index (χ3n) is 8.92. The number of piperazine rings is 1. The molecule has 3 aromatic carbocycles. The second-order valence-corrected chi connectivity index (χ2v) is 11.9. The topological polar surface area (TPSA) is 87.0 Å². The largest absolute Gasteiger partial charge is 0.363 e. The van der Waals surface area contributed by atoms with Crippen molar-refractivity contribution in [3.63, 3.8) is 0 Å². The van der Waals surface area contributed by atoms with Crippen LogP contribution in [0.15, 0.2) is 72.8 Å². The lowest BCUT2D eigenvalue weighted by Gasteiger charge is -2.40. The summed E-state index contributed by atoms with van der Waals surface area (Å²) in [4.78, 5) is 43.8. The first kappa shape index (κ1) is 27.4. The Kier molecular flexibility index (Phi) is 7.53. The number of nitro benzene ring substituents is 1. The van der Waals surface area contributed by atoms with E-state index in [4.69, 9.17) is 11.6 Å². The Labute approximate surface area is 244 Å². The first-order valence-corrected chi connectivity index (χ1v) is 14.6. The second kappa shape index (κ2) is 11.3. The summed E-state index contributed by atoms with van der Waals surface area (Å²) >= 11 is 6.17. The van der Waals surface area contributed by atoms with Crippen LogP contribution in [0.5, 0.6) is 0 Å². The molecule has 2 amide bonds. The van der Waals surface area contributed by atoms with E-state index >= 15 is 0 Å². The Bertz CT molecular complexity index is 1460. The Morgan fingerprint density at radius 1 is 0.854 bits per heavy atom. The summed E-state index contributed by atoms with van der Waals surface area (Å²) in [6, 6.07) is 23.0. The summed E-state index contributed by atoms with van der Waals surface area (Å²) in [6.45, 7) is 4.70. The number of rotatable bonds is 6. The first-order valence-electron chi connectivity index (χ1n) is 14.3. The van der Waals surface area contributed by atoms with Gasteiger partial charge in [-0.1, -0.05) is 61.0 Å². The number of benzene rings is 3. The molecule has 8 nitrogen and oxygen atoms in total. The number of hydrogen-bond donors (Lipinski definition) is 0. The zero-order valence-corrected chi connectivity index (χ0v) is 23.7. The Balaban J connectivity index is 1.23. The minimum Gasteiger partial charge on any atom is -0.363 e. The third kappa shape index (κ3) is 5.22. The molecule has 3 aliphatic rings. The Morgan fingerprint density at radius 2 is 1.51 bits per heavy atom. The number of nitro groups is 1. The van der Waals surface area contributed by atoms with Crippen LogP contribution in [0.25, 0.3) is 0 Å². The number of anilines is 2. The van der Waals surface area contributed by atoms with Crippen molar-refractivity contribution in [3.8, 4) is 0 Å². The molecule has 0 bridgehead atoms. The molecule has 1 aliphatic carbocycles. The molecular weight excluding hydrogens is 540 g/mol. The number of nitrogens with zero attached hydrogens (tertiary/aromatic N) is 4. The van der Waals surface area contributed by atoms with Crippen LogP contribution < -0.4 is 9.80 Å². The standard InChI is InChI=1S/C32H33ClN4O4/c1-21-7-13-26-27(19-21)32(39)36(31(26)38)25-12-14-28(29(20-25)37(40)41)34-15-17-35(18-16-34)30(22-5-3-2-4-6-22)23-8-10-24(33)11-9-23/h2-6,8-12,14,20-21,26-27,30H,7,13,15-19H2,1H3/t21-,26+,27-,30+/m1/s1. The van der Waals surface area contributed by atoms with E-state index < -0.39 is 4.92 Å². The lowest BCUT2D eigenvalue weighted by atomic mass is 9.76. The summed E-state index contributed by atoms with van der Waals surface area (Å²) in [6.07, 6.45) is 2.30. The number of halogens is 1. The molecule has 6 rings (SSSR count). The van der Waals surface area contributed by atoms with Crippen molar-refractivity contribution < 1.29 is 14.5 Å². The number of hydrogen-bond acceptors (Lipinski definition) is 6. The van der Waals surface area contributed by atoms with E-state index in [1.54, 1.807) is 12.1 Å². The zero-order valence-electron chi connectivity index (χ0n) is 23.0. The van der Waals surface area contributed by atoms with Crippen molar-refractivity contribution in [2.24, 2.45) is 17.8 Å². The molecule has 4 atom stereocenters. The van der Waals surface area contributed by atoms with E-state index in [1.165, 1.54) is 16.5 Å². The molecule has 2 aliphatic heterocycles. The van der Waals surface area contributed by atoms with Gasteiger partial charge in [-0.2, -0.15) is 0 Å². The molecule has 3 aromatic rings. The van der Waals surface area contributed by atoms with Gasteiger partial charge in [-0.3, -0.25) is 24.6 Å². The highest BCUT2D eigenvalue weighted by atomic mass is 35.5. The fourth-order valence-electron chi connectivity index (χ4n) is 6.82.